The van der Waals surface area contributed by atoms with Crippen LogP contribution in [-0.4, -0.2) is 30.6 Å². The summed E-state index contributed by atoms with van der Waals surface area (Å²) >= 11 is 0. The van der Waals surface area contributed by atoms with E-state index in [-0.39, 0.29) is 24.0 Å². The fourth-order valence-electron chi connectivity index (χ4n) is 2.17. The number of rotatable bonds is 8. The summed E-state index contributed by atoms with van der Waals surface area (Å²) in [6.45, 7) is 7.32. The molecule has 1 aromatic rings. The van der Waals surface area contributed by atoms with Crippen LogP contribution < -0.4 is 10.6 Å². The number of pyridine rings is 1. The van der Waals surface area contributed by atoms with Gasteiger partial charge in [-0.05, 0) is 38.3 Å². The highest BCUT2D eigenvalue weighted by Crippen LogP contribution is 2.03. The van der Waals surface area contributed by atoms with Crippen molar-refractivity contribution in [2.24, 2.45) is 4.99 Å². The molecule has 22 heavy (non-hydrogen) atoms. The Kier molecular flexibility index (Phi) is 12.2. The van der Waals surface area contributed by atoms with Gasteiger partial charge in [-0.3, -0.25) is 9.98 Å². The zero-order valence-corrected chi connectivity index (χ0v) is 16.7. The van der Waals surface area contributed by atoms with Crippen molar-refractivity contribution < 1.29 is 0 Å². The summed E-state index contributed by atoms with van der Waals surface area (Å²) in [7, 11) is 1.82. The standard InChI is InChI=1S/C17H30N4.HI/c1-5-6-7-8-15(3)21-17(18-4)19-12-11-16-10-9-14(2)20-13-16;/h9-10,13,15H,5-8,11-12H2,1-4H3,(H2,18,19,21);1H. The number of nitrogens with zero attached hydrogens (tertiary/aromatic N) is 2. The van der Waals surface area contributed by atoms with Crippen LogP contribution >= 0.6 is 24.0 Å². The van der Waals surface area contributed by atoms with Gasteiger partial charge >= 0.3 is 0 Å². The molecule has 0 aliphatic rings. The Morgan fingerprint density at radius 1 is 1.32 bits per heavy atom. The molecule has 1 rings (SSSR count). The number of nitrogens with one attached hydrogen (secondary N) is 2. The number of halogens is 1. The zero-order valence-electron chi connectivity index (χ0n) is 14.4. The minimum absolute atomic E-state index is 0. The third kappa shape index (κ3) is 9.23. The molecule has 1 aromatic heterocycles. The van der Waals surface area contributed by atoms with Crippen LogP contribution in [0.3, 0.4) is 0 Å². The van der Waals surface area contributed by atoms with Crippen molar-refractivity contribution in [2.75, 3.05) is 13.6 Å². The first-order chi connectivity index (χ1) is 10.2. The smallest absolute Gasteiger partial charge is 0.191 e. The van der Waals surface area contributed by atoms with Crippen LogP contribution in [-0.2, 0) is 6.42 Å². The number of unbranched alkanes of at least 4 members (excludes halogenated alkanes) is 2. The fraction of sp³-hybridized carbons (Fsp3) is 0.647. The highest BCUT2D eigenvalue weighted by Gasteiger charge is 2.04. The van der Waals surface area contributed by atoms with E-state index in [4.69, 9.17) is 0 Å². The number of guanidine groups is 1. The van der Waals surface area contributed by atoms with E-state index in [9.17, 15) is 0 Å². The third-order valence-electron chi connectivity index (χ3n) is 3.53. The number of hydrogen-bond acceptors (Lipinski definition) is 2. The van der Waals surface area contributed by atoms with Crippen LogP contribution in [0.5, 0.6) is 0 Å². The molecule has 1 unspecified atom stereocenters. The quantitative estimate of drug-likeness (QED) is 0.293. The Bertz CT molecular complexity index is 417. The van der Waals surface area contributed by atoms with Crippen molar-refractivity contribution in [2.45, 2.75) is 58.9 Å². The highest BCUT2D eigenvalue weighted by molar-refractivity contribution is 14.0. The second-order valence-corrected chi connectivity index (χ2v) is 5.60. The maximum Gasteiger partial charge on any atom is 0.191 e. The van der Waals surface area contributed by atoms with Crippen molar-refractivity contribution in [3.05, 3.63) is 29.6 Å². The average molecular weight is 418 g/mol. The topological polar surface area (TPSA) is 49.3 Å². The van der Waals surface area contributed by atoms with Crippen LogP contribution in [0.4, 0.5) is 0 Å². The van der Waals surface area contributed by atoms with Crippen LogP contribution in [0.15, 0.2) is 23.3 Å². The highest BCUT2D eigenvalue weighted by atomic mass is 127. The molecule has 5 heteroatoms. The Morgan fingerprint density at radius 3 is 2.68 bits per heavy atom. The Hall–Kier alpha value is -0.850. The van der Waals surface area contributed by atoms with E-state index in [1.807, 2.05) is 20.2 Å². The Balaban J connectivity index is 0.00000441. The number of aliphatic imine (C=N–C) groups is 1. The van der Waals surface area contributed by atoms with E-state index >= 15 is 0 Å². The van der Waals surface area contributed by atoms with Crippen molar-refractivity contribution in [3.8, 4) is 0 Å². The second kappa shape index (κ2) is 12.7. The predicted molar refractivity (Wildman–Crippen MR) is 106 cm³/mol. The number of aromatic nitrogens is 1. The molecule has 0 aliphatic heterocycles. The lowest BCUT2D eigenvalue weighted by atomic mass is 10.1. The van der Waals surface area contributed by atoms with Gasteiger partial charge in [0.15, 0.2) is 5.96 Å². The molecule has 0 bridgehead atoms. The van der Waals surface area contributed by atoms with Gasteiger partial charge in [-0.1, -0.05) is 32.3 Å². The largest absolute Gasteiger partial charge is 0.356 e. The molecule has 2 N–H and O–H groups in total. The van der Waals surface area contributed by atoms with E-state index in [1.165, 1.54) is 31.2 Å². The minimum atomic E-state index is 0. The summed E-state index contributed by atoms with van der Waals surface area (Å²) < 4.78 is 0. The molecule has 0 radical (unpaired) electrons. The lowest BCUT2D eigenvalue weighted by molar-refractivity contribution is 0.547. The monoisotopic (exact) mass is 418 g/mol. The zero-order chi connectivity index (χ0) is 15.5. The van der Waals surface area contributed by atoms with Gasteiger partial charge < -0.3 is 10.6 Å². The molecule has 0 amide bonds. The van der Waals surface area contributed by atoms with Crippen molar-refractivity contribution in [1.82, 2.24) is 15.6 Å². The molecule has 0 spiro atoms. The van der Waals surface area contributed by atoms with Gasteiger partial charge in [-0.15, -0.1) is 24.0 Å². The van der Waals surface area contributed by atoms with Crippen molar-refractivity contribution in [1.29, 1.82) is 0 Å². The first-order valence-corrected chi connectivity index (χ1v) is 8.04. The molecule has 126 valence electrons. The van der Waals surface area contributed by atoms with E-state index < -0.39 is 0 Å². The number of hydrogen-bond donors (Lipinski definition) is 2. The molecule has 1 heterocycles. The normalized spacial score (nSPS) is 12.5. The summed E-state index contributed by atoms with van der Waals surface area (Å²) in [6.07, 6.45) is 7.94. The first-order valence-electron chi connectivity index (χ1n) is 8.04. The Morgan fingerprint density at radius 2 is 2.09 bits per heavy atom. The summed E-state index contributed by atoms with van der Waals surface area (Å²) in [6, 6.07) is 4.65. The van der Waals surface area contributed by atoms with Crippen molar-refractivity contribution in [3.63, 3.8) is 0 Å². The average Bonchev–Trinajstić information content (AvgIpc) is 2.48. The third-order valence-corrected chi connectivity index (χ3v) is 3.53. The molecule has 0 saturated heterocycles. The molecule has 4 nitrogen and oxygen atoms in total. The predicted octanol–water partition coefficient (Wildman–Crippen LogP) is 3.68. The van der Waals surface area contributed by atoms with Gasteiger partial charge in [0.1, 0.15) is 0 Å². The van der Waals surface area contributed by atoms with Crippen LogP contribution in [0.2, 0.25) is 0 Å². The van der Waals surface area contributed by atoms with Gasteiger partial charge in [-0.25, -0.2) is 0 Å². The van der Waals surface area contributed by atoms with Gasteiger partial charge in [0.05, 0.1) is 0 Å². The van der Waals surface area contributed by atoms with Crippen molar-refractivity contribution >= 4 is 29.9 Å². The summed E-state index contributed by atoms with van der Waals surface area (Å²) in [4.78, 5) is 8.59. The lowest BCUT2D eigenvalue weighted by Crippen LogP contribution is -2.42. The fourth-order valence-corrected chi connectivity index (χ4v) is 2.17. The molecular formula is C17H31IN4. The van der Waals surface area contributed by atoms with E-state index in [0.29, 0.717) is 6.04 Å². The first kappa shape index (κ1) is 21.1. The van der Waals surface area contributed by atoms with Gasteiger partial charge in [0, 0.05) is 31.5 Å². The number of aryl methyl sites for hydroxylation is 1. The molecule has 0 aliphatic carbocycles. The maximum atomic E-state index is 4.31. The minimum Gasteiger partial charge on any atom is -0.356 e. The SMILES string of the molecule is CCCCCC(C)NC(=NC)NCCc1ccc(C)nc1.I. The molecule has 0 saturated carbocycles. The molecule has 0 fully saturated rings. The molecular weight excluding hydrogens is 387 g/mol. The van der Waals surface area contributed by atoms with Gasteiger partial charge in [0.25, 0.3) is 0 Å². The van der Waals surface area contributed by atoms with E-state index in [0.717, 1.165) is 24.6 Å². The van der Waals surface area contributed by atoms with Crippen LogP contribution in [0.25, 0.3) is 0 Å². The lowest BCUT2D eigenvalue weighted by Gasteiger charge is -2.17. The van der Waals surface area contributed by atoms with Crippen LogP contribution in [0, 0.1) is 6.92 Å². The van der Waals surface area contributed by atoms with Gasteiger partial charge in [-0.2, -0.15) is 0 Å². The molecule has 1 atom stereocenters. The maximum absolute atomic E-state index is 4.31. The summed E-state index contributed by atoms with van der Waals surface area (Å²) in [5.74, 6) is 0.888. The second-order valence-electron chi connectivity index (χ2n) is 5.60. The summed E-state index contributed by atoms with van der Waals surface area (Å²) in [5, 5.41) is 6.81. The summed E-state index contributed by atoms with van der Waals surface area (Å²) in [5.41, 5.74) is 2.31. The Labute approximate surface area is 152 Å². The van der Waals surface area contributed by atoms with Crippen LogP contribution in [0.1, 0.15) is 50.8 Å². The van der Waals surface area contributed by atoms with E-state index in [1.54, 1.807) is 0 Å². The van der Waals surface area contributed by atoms with Gasteiger partial charge in [0.2, 0.25) is 0 Å². The molecule has 0 aromatic carbocycles. The van der Waals surface area contributed by atoms with E-state index in [2.05, 4.69) is 46.6 Å².